The lowest BCUT2D eigenvalue weighted by molar-refractivity contribution is 0.327. The van der Waals surface area contributed by atoms with E-state index in [9.17, 15) is 0 Å². The molecule has 0 saturated heterocycles. The molecule has 0 amide bonds. The molecule has 3 aromatic carbocycles. The Bertz CT molecular complexity index is 866. The second kappa shape index (κ2) is 5.60. The summed E-state index contributed by atoms with van der Waals surface area (Å²) in [5, 5.41) is 4.32. The third-order valence-electron chi connectivity index (χ3n) is 3.89. The van der Waals surface area contributed by atoms with Gasteiger partial charge in [0.05, 0.1) is 21.3 Å². The van der Waals surface area contributed by atoms with E-state index in [0.717, 1.165) is 27.1 Å². The minimum Gasteiger partial charge on any atom is -0.492 e. The molecule has 0 aliphatic heterocycles. The molecule has 0 fully saturated rings. The van der Waals surface area contributed by atoms with Crippen LogP contribution in [0.5, 0.6) is 17.2 Å². The van der Waals surface area contributed by atoms with E-state index in [1.165, 1.54) is 0 Å². The molecule has 0 aromatic heterocycles. The number of benzene rings is 3. The van der Waals surface area contributed by atoms with E-state index in [0.29, 0.717) is 17.2 Å². The molecule has 0 heterocycles. The van der Waals surface area contributed by atoms with Gasteiger partial charge in [-0.15, -0.1) is 0 Å². The van der Waals surface area contributed by atoms with Crippen LogP contribution in [0, 0.1) is 0 Å². The average molecular weight is 294 g/mol. The summed E-state index contributed by atoms with van der Waals surface area (Å²) in [6.07, 6.45) is 1.79. The third kappa shape index (κ3) is 1.98. The van der Waals surface area contributed by atoms with Crippen molar-refractivity contribution in [2.45, 2.75) is 0 Å². The first-order chi connectivity index (χ1) is 10.7. The van der Waals surface area contributed by atoms with E-state index >= 15 is 0 Å². The summed E-state index contributed by atoms with van der Waals surface area (Å²) in [6, 6.07) is 12.5. The highest BCUT2D eigenvalue weighted by molar-refractivity contribution is 6.07. The summed E-state index contributed by atoms with van der Waals surface area (Å²) in [6.45, 7) is 3.92. The lowest BCUT2D eigenvalue weighted by Crippen LogP contribution is -1.98. The van der Waals surface area contributed by atoms with Crippen LogP contribution in [0.1, 0.15) is 5.56 Å². The summed E-state index contributed by atoms with van der Waals surface area (Å²) in [4.78, 5) is 0. The Kier molecular flexibility index (Phi) is 3.63. The molecule has 0 saturated carbocycles. The van der Waals surface area contributed by atoms with Crippen LogP contribution < -0.4 is 14.2 Å². The standard InChI is InChI=1S/C19H18O3/c1-5-14-15-10-12-8-6-7-9-13(12)11-16(15)18(21-3)19(22-4)17(14)20-2/h5-11H,1H2,2-4H3. The van der Waals surface area contributed by atoms with Gasteiger partial charge in [-0.3, -0.25) is 0 Å². The highest BCUT2D eigenvalue weighted by Gasteiger charge is 2.20. The van der Waals surface area contributed by atoms with Gasteiger partial charge in [-0.25, -0.2) is 0 Å². The molecule has 3 nitrogen and oxygen atoms in total. The molecular formula is C19H18O3. The van der Waals surface area contributed by atoms with E-state index in [-0.39, 0.29) is 0 Å². The van der Waals surface area contributed by atoms with Crippen LogP contribution >= 0.6 is 0 Å². The molecule has 0 atom stereocenters. The Labute approximate surface area is 129 Å². The maximum absolute atomic E-state index is 5.60. The van der Waals surface area contributed by atoms with Crippen LogP contribution in [0.3, 0.4) is 0 Å². The second-order valence-corrected chi connectivity index (χ2v) is 4.96. The van der Waals surface area contributed by atoms with Crippen LogP contribution in [0.4, 0.5) is 0 Å². The summed E-state index contributed by atoms with van der Waals surface area (Å²) < 4.78 is 16.7. The van der Waals surface area contributed by atoms with Crippen LogP contribution in [0.2, 0.25) is 0 Å². The first-order valence-corrected chi connectivity index (χ1v) is 7.02. The molecule has 0 N–H and O–H groups in total. The summed E-state index contributed by atoms with van der Waals surface area (Å²) >= 11 is 0. The van der Waals surface area contributed by atoms with Crippen LogP contribution in [-0.4, -0.2) is 21.3 Å². The van der Waals surface area contributed by atoms with E-state index in [2.05, 4.69) is 30.8 Å². The highest BCUT2D eigenvalue weighted by Crippen LogP contribution is 2.47. The fourth-order valence-corrected chi connectivity index (χ4v) is 2.91. The van der Waals surface area contributed by atoms with Crippen molar-refractivity contribution in [3.63, 3.8) is 0 Å². The molecule has 0 aliphatic carbocycles. The van der Waals surface area contributed by atoms with Crippen molar-refractivity contribution >= 4 is 27.6 Å². The van der Waals surface area contributed by atoms with Crippen LogP contribution in [0.25, 0.3) is 27.6 Å². The second-order valence-electron chi connectivity index (χ2n) is 4.96. The van der Waals surface area contributed by atoms with Gasteiger partial charge in [0.25, 0.3) is 0 Å². The van der Waals surface area contributed by atoms with Crippen LogP contribution in [0.15, 0.2) is 43.0 Å². The fraction of sp³-hybridized carbons (Fsp3) is 0.158. The van der Waals surface area contributed by atoms with Gasteiger partial charge in [0, 0.05) is 10.9 Å². The van der Waals surface area contributed by atoms with Gasteiger partial charge >= 0.3 is 0 Å². The van der Waals surface area contributed by atoms with Gasteiger partial charge in [-0.2, -0.15) is 0 Å². The Morgan fingerprint density at radius 2 is 1.32 bits per heavy atom. The van der Waals surface area contributed by atoms with Crippen molar-refractivity contribution in [1.29, 1.82) is 0 Å². The molecule has 0 unspecified atom stereocenters. The molecule has 0 radical (unpaired) electrons. The predicted octanol–water partition coefficient (Wildman–Crippen LogP) is 4.66. The van der Waals surface area contributed by atoms with Crippen molar-refractivity contribution < 1.29 is 14.2 Å². The van der Waals surface area contributed by atoms with E-state index in [4.69, 9.17) is 14.2 Å². The number of methoxy groups -OCH3 is 3. The van der Waals surface area contributed by atoms with Crippen LogP contribution in [-0.2, 0) is 0 Å². The third-order valence-corrected chi connectivity index (χ3v) is 3.89. The topological polar surface area (TPSA) is 27.7 Å². The number of ether oxygens (including phenoxy) is 3. The van der Waals surface area contributed by atoms with Crippen molar-refractivity contribution in [3.05, 3.63) is 48.5 Å². The fourth-order valence-electron chi connectivity index (χ4n) is 2.91. The Balaban J connectivity index is 2.56. The molecular weight excluding hydrogens is 276 g/mol. The molecule has 112 valence electrons. The quantitative estimate of drug-likeness (QED) is 0.655. The molecule has 0 spiro atoms. The Morgan fingerprint density at radius 1 is 0.773 bits per heavy atom. The van der Waals surface area contributed by atoms with E-state index in [1.807, 2.05) is 12.1 Å². The van der Waals surface area contributed by atoms with Crippen molar-refractivity contribution in [1.82, 2.24) is 0 Å². The van der Waals surface area contributed by atoms with Gasteiger partial charge in [-0.1, -0.05) is 36.9 Å². The first-order valence-electron chi connectivity index (χ1n) is 7.02. The van der Waals surface area contributed by atoms with E-state index in [1.54, 1.807) is 27.4 Å². The predicted molar refractivity (Wildman–Crippen MR) is 91.2 cm³/mol. The van der Waals surface area contributed by atoms with Crippen molar-refractivity contribution in [2.75, 3.05) is 21.3 Å². The summed E-state index contributed by atoms with van der Waals surface area (Å²) in [7, 11) is 4.87. The monoisotopic (exact) mass is 294 g/mol. The normalized spacial score (nSPS) is 10.7. The van der Waals surface area contributed by atoms with Crippen molar-refractivity contribution in [3.8, 4) is 17.2 Å². The number of hydrogen-bond donors (Lipinski definition) is 0. The molecule has 3 heteroatoms. The maximum Gasteiger partial charge on any atom is 0.204 e. The zero-order valence-electron chi connectivity index (χ0n) is 13.0. The SMILES string of the molecule is C=Cc1c(OC)c(OC)c(OC)c2cc3ccccc3cc12. The van der Waals surface area contributed by atoms with Gasteiger partial charge in [0.1, 0.15) is 0 Å². The molecule has 0 aliphatic rings. The lowest BCUT2D eigenvalue weighted by atomic mass is 9.97. The van der Waals surface area contributed by atoms with Crippen molar-refractivity contribution in [2.24, 2.45) is 0 Å². The lowest BCUT2D eigenvalue weighted by Gasteiger charge is -2.18. The molecule has 22 heavy (non-hydrogen) atoms. The van der Waals surface area contributed by atoms with E-state index < -0.39 is 0 Å². The van der Waals surface area contributed by atoms with Gasteiger partial charge in [0.2, 0.25) is 5.75 Å². The number of fused-ring (bicyclic) bond motifs is 2. The van der Waals surface area contributed by atoms with Gasteiger partial charge in [0.15, 0.2) is 11.5 Å². The summed E-state index contributed by atoms with van der Waals surface area (Å²) in [5.41, 5.74) is 0.904. The largest absolute Gasteiger partial charge is 0.492 e. The first kappa shape index (κ1) is 14.3. The van der Waals surface area contributed by atoms with Gasteiger partial charge < -0.3 is 14.2 Å². The number of hydrogen-bond acceptors (Lipinski definition) is 3. The minimum absolute atomic E-state index is 0.586. The smallest absolute Gasteiger partial charge is 0.204 e. The van der Waals surface area contributed by atoms with Gasteiger partial charge in [-0.05, 0) is 28.3 Å². The zero-order chi connectivity index (χ0) is 15.7. The number of rotatable bonds is 4. The maximum atomic E-state index is 5.60. The zero-order valence-corrected chi connectivity index (χ0v) is 13.0. The molecule has 0 bridgehead atoms. The summed E-state index contributed by atoms with van der Waals surface area (Å²) in [5.74, 6) is 1.89. The highest BCUT2D eigenvalue weighted by atomic mass is 16.5. The molecule has 3 rings (SSSR count). The molecule has 3 aromatic rings. The average Bonchev–Trinajstić information content (AvgIpc) is 2.57. The Hall–Kier alpha value is -2.68. The minimum atomic E-state index is 0.586. The Morgan fingerprint density at radius 3 is 1.82 bits per heavy atom.